The number of nitrogens with one attached hydrogen (secondary N) is 1. The first-order valence-electron chi connectivity index (χ1n) is 7.22. The molecule has 1 N–H and O–H groups in total. The van der Waals surface area contributed by atoms with Gasteiger partial charge in [0.25, 0.3) is 0 Å². The minimum absolute atomic E-state index is 0.385. The quantitative estimate of drug-likeness (QED) is 0.879. The van der Waals surface area contributed by atoms with Crippen molar-refractivity contribution in [2.24, 2.45) is 0 Å². The predicted molar refractivity (Wildman–Crippen MR) is 77.4 cm³/mol. The molecule has 0 radical (unpaired) electrons. The number of benzene rings is 1. The smallest absolute Gasteiger partial charge is 0.0691 e. The third-order valence-electron chi connectivity index (χ3n) is 4.40. The minimum Gasteiger partial charge on any atom is -0.377 e. The number of pyridine rings is 1. The molecule has 1 aromatic carbocycles. The molecule has 0 fully saturated rings. The molecule has 2 nitrogen and oxygen atoms in total. The molecule has 2 aromatic rings. The van der Waals surface area contributed by atoms with Crippen molar-refractivity contribution >= 4 is 5.69 Å². The fraction of sp³-hybridized carbons (Fsp3) is 0.353. The molecule has 4 rings (SSSR count). The summed E-state index contributed by atoms with van der Waals surface area (Å²) in [7, 11) is 0. The van der Waals surface area contributed by atoms with E-state index in [2.05, 4.69) is 34.6 Å². The SMILES string of the molecule is c1cnc2c(c1)CCC2Nc1ccc2c(c1)CCC2. The summed E-state index contributed by atoms with van der Waals surface area (Å²) in [6, 6.07) is 11.5. The molecule has 1 unspecified atom stereocenters. The van der Waals surface area contributed by atoms with E-state index in [0.717, 1.165) is 12.8 Å². The highest BCUT2D eigenvalue weighted by atomic mass is 15.0. The Hall–Kier alpha value is -1.83. The van der Waals surface area contributed by atoms with Gasteiger partial charge in [-0.25, -0.2) is 0 Å². The topological polar surface area (TPSA) is 24.9 Å². The van der Waals surface area contributed by atoms with Gasteiger partial charge >= 0.3 is 0 Å². The Kier molecular flexibility index (Phi) is 2.54. The van der Waals surface area contributed by atoms with E-state index in [9.17, 15) is 0 Å². The van der Waals surface area contributed by atoms with Crippen LogP contribution in [0.5, 0.6) is 0 Å². The van der Waals surface area contributed by atoms with Gasteiger partial charge in [0.1, 0.15) is 0 Å². The second-order valence-corrected chi connectivity index (χ2v) is 5.62. The Labute approximate surface area is 113 Å². The van der Waals surface area contributed by atoms with Crippen molar-refractivity contribution in [3.63, 3.8) is 0 Å². The normalized spacial score (nSPS) is 20.1. The van der Waals surface area contributed by atoms with Crippen molar-refractivity contribution in [2.75, 3.05) is 5.32 Å². The lowest BCUT2D eigenvalue weighted by atomic mass is 10.1. The van der Waals surface area contributed by atoms with Crippen LogP contribution in [-0.2, 0) is 19.3 Å². The summed E-state index contributed by atoms with van der Waals surface area (Å²) in [5.74, 6) is 0. The van der Waals surface area contributed by atoms with Crippen molar-refractivity contribution in [1.29, 1.82) is 0 Å². The van der Waals surface area contributed by atoms with Crippen LogP contribution in [0.25, 0.3) is 0 Å². The third-order valence-corrected chi connectivity index (χ3v) is 4.40. The molecule has 2 aliphatic rings. The monoisotopic (exact) mass is 250 g/mol. The molecule has 19 heavy (non-hydrogen) atoms. The van der Waals surface area contributed by atoms with Crippen LogP contribution in [-0.4, -0.2) is 4.98 Å². The fourth-order valence-electron chi connectivity index (χ4n) is 3.42. The number of aromatic nitrogens is 1. The Bertz CT molecular complexity index is 618. The number of hydrogen-bond acceptors (Lipinski definition) is 2. The van der Waals surface area contributed by atoms with E-state index in [1.807, 2.05) is 12.3 Å². The second kappa shape index (κ2) is 4.37. The molecule has 1 aromatic heterocycles. The molecule has 2 aliphatic carbocycles. The standard InChI is InChI=1S/C17H18N2/c1-3-12-6-8-15(11-14(12)4-1)19-16-9-7-13-5-2-10-18-17(13)16/h2,5-6,8,10-11,16,19H,1,3-4,7,9H2. The van der Waals surface area contributed by atoms with E-state index >= 15 is 0 Å². The largest absolute Gasteiger partial charge is 0.377 e. The molecule has 0 aliphatic heterocycles. The highest BCUT2D eigenvalue weighted by Gasteiger charge is 2.23. The third kappa shape index (κ3) is 1.92. The van der Waals surface area contributed by atoms with Gasteiger partial charge in [0.05, 0.1) is 11.7 Å². The predicted octanol–water partition coefficient (Wildman–Crippen LogP) is 3.67. The van der Waals surface area contributed by atoms with Gasteiger partial charge < -0.3 is 5.32 Å². The van der Waals surface area contributed by atoms with Crippen LogP contribution in [0.15, 0.2) is 36.5 Å². The number of hydrogen-bond donors (Lipinski definition) is 1. The number of aryl methyl sites for hydroxylation is 3. The average Bonchev–Trinajstić information content (AvgIpc) is 3.06. The first kappa shape index (κ1) is 11.0. The minimum atomic E-state index is 0.385. The van der Waals surface area contributed by atoms with Crippen molar-refractivity contribution < 1.29 is 0 Å². The van der Waals surface area contributed by atoms with Crippen LogP contribution in [0.1, 0.15) is 41.3 Å². The first-order valence-corrected chi connectivity index (χ1v) is 7.22. The Morgan fingerprint density at radius 3 is 2.95 bits per heavy atom. The molecule has 0 amide bonds. The molecule has 2 heteroatoms. The van der Waals surface area contributed by atoms with E-state index < -0.39 is 0 Å². The van der Waals surface area contributed by atoms with Crippen molar-refractivity contribution in [3.8, 4) is 0 Å². The van der Waals surface area contributed by atoms with Gasteiger partial charge in [-0.15, -0.1) is 0 Å². The van der Waals surface area contributed by atoms with E-state index in [1.54, 1.807) is 0 Å². The molecule has 96 valence electrons. The summed E-state index contributed by atoms with van der Waals surface area (Å²) in [6.07, 6.45) is 8.01. The summed E-state index contributed by atoms with van der Waals surface area (Å²) < 4.78 is 0. The second-order valence-electron chi connectivity index (χ2n) is 5.62. The molecule has 1 atom stereocenters. The number of rotatable bonds is 2. The lowest BCUT2D eigenvalue weighted by molar-refractivity contribution is 0.746. The van der Waals surface area contributed by atoms with Crippen LogP contribution in [0.2, 0.25) is 0 Å². The summed E-state index contributed by atoms with van der Waals surface area (Å²) in [5.41, 5.74) is 6.97. The zero-order valence-corrected chi connectivity index (χ0v) is 11.0. The first-order chi connectivity index (χ1) is 9.40. The van der Waals surface area contributed by atoms with Gasteiger partial charge in [0, 0.05) is 11.9 Å². The molecule has 1 heterocycles. The highest BCUT2D eigenvalue weighted by molar-refractivity contribution is 5.52. The maximum atomic E-state index is 4.55. The van der Waals surface area contributed by atoms with Gasteiger partial charge in [0.2, 0.25) is 0 Å². The Morgan fingerprint density at radius 2 is 1.95 bits per heavy atom. The zero-order valence-electron chi connectivity index (χ0n) is 11.0. The van der Waals surface area contributed by atoms with Crippen LogP contribution in [0, 0.1) is 0 Å². The van der Waals surface area contributed by atoms with E-state index in [0.29, 0.717) is 6.04 Å². The van der Waals surface area contributed by atoms with E-state index in [1.165, 1.54) is 47.3 Å². The molecule has 0 saturated heterocycles. The van der Waals surface area contributed by atoms with Gasteiger partial charge in [-0.05, 0) is 67.0 Å². The number of nitrogens with zero attached hydrogens (tertiary/aromatic N) is 1. The van der Waals surface area contributed by atoms with Gasteiger partial charge in [-0.2, -0.15) is 0 Å². The molecule has 0 bridgehead atoms. The summed E-state index contributed by atoms with van der Waals surface area (Å²) in [6.45, 7) is 0. The van der Waals surface area contributed by atoms with Crippen molar-refractivity contribution in [3.05, 3.63) is 58.9 Å². The van der Waals surface area contributed by atoms with Crippen LogP contribution in [0.3, 0.4) is 0 Å². The summed E-state index contributed by atoms with van der Waals surface area (Å²) in [4.78, 5) is 4.55. The van der Waals surface area contributed by atoms with Crippen molar-refractivity contribution in [2.45, 2.75) is 38.1 Å². The Balaban J connectivity index is 1.60. The molecule has 0 saturated carbocycles. The average molecular weight is 250 g/mol. The molecular weight excluding hydrogens is 232 g/mol. The van der Waals surface area contributed by atoms with Crippen LogP contribution >= 0.6 is 0 Å². The number of fused-ring (bicyclic) bond motifs is 2. The summed E-state index contributed by atoms with van der Waals surface area (Å²) >= 11 is 0. The maximum Gasteiger partial charge on any atom is 0.0691 e. The highest BCUT2D eigenvalue weighted by Crippen LogP contribution is 2.33. The van der Waals surface area contributed by atoms with E-state index in [4.69, 9.17) is 0 Å². The number of anilines is 1. The van der Waals surface area contributed by atoms with Crippen molar-refractivity contribution in [1.82, 2.24) is 4.98 Å². The van der Waals surface area contributed by atoms with Gasteiger partial charge in [-0.3, -0.25) is 4.98 Å². The van der Waals surface area contributed by atoms with E-state index in [-0.39, 0.29) is 0 Å². The molecular formula is C17H18N2. The summed E-state index contributed by atoms with van der Waals surface area (Å²) in [5, 5.41) is 3.66. The zero-order chi connectivity index (χ0) is 12.7. The van der Waals surface area contributed by atoms with Gasteiger partial charge in [0.15, 0.2) is 0 Å². The van der Waals surface area contributed by atoms with Crippen LogP contribution in [0.4, 0.5) is 5.69 Å². The molecule has 0 spiro atoms. The van der Waals surface area contributed by atoms with Crippen LogP contribution < -0.4 is 5.32 Å². The lowest BCUT2D eigenvalue weighted by Crippen LogP contribution is -2.08. The maximum absolute atomic E-state index is 4.55. The van der Waals surface area contributed by atoms with Gasteiger partial charge in [-0.1, -0.05) is 12.1 Å². The lowest BCUT2D eigenvalue weighted by Gasteiger charge is -2.15. The Morgan fingerprint density at radius 1 is 1.00 bits per heavy atom. The fourth-order valence-corrected chi connectivity index (χ4v) is 3.42.